The van der Waals surface area contributed by atoms with Crippen molar-refractivity contribution in [1.29, 1.82) is 0 Å². The minimum absolute atomic E-state index is 0.274. The van der Waals surface area contributed by atoms with Gasteiger partial charge >= 0.3 is 0 Å². The number of aliphatic hydroxyl groups excluding tert-OH is 1. The van der Waals surface area contributed by atoms with Gasteiger partial charge in [-0.25, -0.2) is 4.39 Å². The average Bonchev–Trinajstić information content (AvgIpc) is 2.23. The van der Waals surface area contributed by atoms with Gasteiger partial charge in [-0.1, -0.05) is 39.0 Å². The molecule has 2 nitrogen and oxygen atoms in total. The van der Waals surface area contributed by atoms with Gasteiger partial charge in [0.05, 0.1) is 6.10 Å². The van der Waals surface area contributed by atoms with Gasteiger partial charge in [0.15, 0.2) is 0 Å². The summed E-state index contributed by atoms with van der Waals surface area (Å²) in [6.07, 6.45) is 0.243. The highest BCUT2D eigenvalue weighted by molar-refractivity contribution is 5.19. The molecule has 0 aliphatic rings. The van der Waals surface area contributed by atoms with Gasteiger partial charge < -0.3 is 10.4 Å². The summed E-state index contributed by atoms with van der Waals surface area (Å²) in [6.45, 7) is 7.72. The Kier molecular flexibility index (Phi) is 5.09. The Balaban J connectivity index is 2.36. The molecule has 0 spiro atoms. The first-order valence-electron chi connectivity index (χ1n) is 6.03. The summed E-state index contributed by atoms with van der Waals surface area (Å²) in [6, 6.07) is 6.34. The van der Waals surface area contributed by atoms with Gasteiger partial charge in [0, 0.05) is 12.1 Å². The van der Waals surface area contributed by atoms with Crippen LogP contribution in [0.3, 0.4) is 0 Å². The molecule has 0 aliphatic carbocycles. The molecule has 0 heterocycles. The second kappa shape index (κ2) is 6.12. The van der Waals surface area contributed by atoms with Crippen LogP contribution in [-0.2, 0) is 0 Å². The number of nitrogens with one attached hydrogen (secondary N) is 1. The van der Waals surface area contributed by atoms with Crippen LogP contribution < -0.4 is 5.32 Å². The zero-order chi connectivity index (χ0) is 12.9. The molecule has 0 saturated heterocycles. The quantitative estimate of drug-likeness (QED) is 0.774. The fraction of sp³-hybridized carbons (Fsp3) is 0.571. The molecule has 1 unspecified atom stereocenters. The third-order valence-corrected chi connectivity index (χ3v) is 2.65. The highest BCUT2D eigenvalue weighted by Crippen LogP contribution is 2.18. The third kappa shape index (κ3) is 5.29. The minimum atomic E-state index is -0.781. The van der Waals surface area contributed by atoms with E-state index in [9.17, 15) is 9.50 Å². The van der Waals surface area contributed by atoms with Crippen LogP contribution in [0, 0.1) is 11.2 Å². The van der Waals surface area contributed by atoms with E-state index >= 15 is 0 Å². The maximum Gasteiger partial charge on any atom is 0.129 e. The Morgan fingerprint density at radius 2 is 1.94 bits per heavy atom. The molecule has 17 heavy (non-hydrogen) atoms. The largest absolute Gasteiger partial charge is 0.387 e. The van der Waals surface area contributed by atoms with E-state index in [0.717, 1.165) is 13.0 Å². The van der Waals surface area contributed by atoms with Crippen molar-refractivity contribution in [2.45, 2.75) is 33.3 Å². The van der Waals surface area contributed by atoms with Crippen LogP contribution in [0.15, 0.2) is 24.3 Å². The second-order valence-electron chi connectivity index (χ2n) is 5.55. The van der Waals surface area contributed by atoms with Gasteiger partial charge in [-0.05, 0) is 24.4 Å². The summed E-state index contributed by atoms with van der Waals surface area (Å²) >= 11 is 0. The first-order chi connectivity index (χ1) is 7.90. The molecule has 2 N–H and O–H groups in total. The monoisotopic (exact) mass is 239 g/mol. The van der Waals surface area contributed by atoms with Crippen LogP contribution in [0.5, 0.6) is 0 Å². The second-order valence-corrected chi connectivity index (χ2v) is 5.55. The molecular weight excluding hydrogens is 217 g/mol. The van der Waals surface area contributed by atoms with Crippen LogP contribution >= 0.6 is 0 Å². The Hall–Kier alpha value is -0.930. The Bertz CT molecular complexity index is 346. The Labute approximate surface area is 103 Å². The number of aliphatic hydroxyl groups is 1. The van der Waals surface area contributed by atoms with Gasteiger partial charge in [0.1, 0.15) is 5.82 Å². The van der Waals surface area contributed by atoms with Crippen LogP contribution in [-0.4, -0.2) is 18.2 Å². The fourth-order valence-corrected chi connectivity index (χ4v) is 1.56. The number of rotatable bonds is 5. The van der Waals surface area contributed by atoms with Crippen molar-refractivity contribution < 1.29 is 9.50 Å². The SMILES string of the molecule is CC(C)(C)CCNCC(O)c1ccccc1F. The van der Waals surface area contributed by atoms with Crippen LogP contribution in [0.4, 0.5) is 4.39 Å². The van der Waals surface area contributed by atoms with E-state index in [-0.39, 0.29) is 11.2 Å². The van der Waals surface area contributed by atoms with Crippen LogP contribution in [0.2, 0.25) is 0 Å². The summed E-state index contributed by atoms with van der Waals surface area (Å²) in [7, 11) is 0. The molecule has 96 valence electrons. The summed E-state index contributed by atoms with van der Waals surface area (Å²) < 4.78 is 13.4. The molecule has 0 radical (unpaired) electrons. The predicted molar refractivity (Wildman–Crippen MR) is 68.3 cm³/mol. The Morgan fingerprint density at radius 1 is 1.29 bits per heavy atom. The highest BCUT2D eigenvalue weighted by atomic mass is 19.1. The van der Waals surface area contributed by atoms with Crippen LogP contribution in [0.25, 0.3) is 0 Å². The van der Waals surface area contributed by atoms with E-state index in [1.807, 2.05) is 0 Å². The molecule has 1 rings (SSSR count). The Morgan fingerprint density at radius 3 is 2.53 bits per heavy atom. The predicted octanol–water partition coefficient (Wildman–Crippen LogP) is 2.88. The van der Waals surface area contributed by atoms with E-state index in [0.29, 0.717) is 12.1 Å². The first kappa shape index (κ1) is 14.1. The molecule has 1 atom stereocenters. The fourth-order valence-electron chi connectivity index (χ4n) is 1.56. The van der Waals surface area contributed by atoms with Crippen molar-refractivity contribution in [2.24, 2.45) is 5.41 Å². The summed E-state index contributed by atoms with van der Waals surface area (Å²) in [4.78, 5) is 0. The molecule has 0 bridgehead atoms. The molecule has 0 saturated carbocycles. The minimum Gasteiger partial charge on any atom is -0.387 e. The molecule has 0 aromatic heterocycles. The smallest absolute Gasteiger partial charge is 0.129 e. The van der Waals surface area contributed by atoms with Gasteiger partial charge in [-0.15, -0.1) is 0 Å². The normalized spacial score (nSPS) is 13.7. The van der Waals surface area contributed by atoms with Crippen LogP contribution in [0.1, 0.15) is 38.9 Å². The topological polar surface area (TPSA) is 32.3 Å². The van der Waals surface area contributed by atoms with Crippen molar-refractivity contribution in [3.63, 3.8) is 0 Å². The van der Waals surface area contributed by atoms with E-state index < -0.39 is 6.10 Å². The number of hydrogen-bond acceptors (Lipinski definition) is 2. The van der Waals surface area contributed by atoms with Crippen molar-refractivity contribution in [3.05, 3.63) is 35.6 Å². The number of hydrogen-bond donors (Lipinski definition) is 2. The molecular formula is C14H22FNO. The van der Waals surface area contributed by atoms with Crippen molar-refractivity contribution >= 4 is 0 Å². The van der Waals surface area contributed by atoms with E-state index in [2.05, 4.69) is 26.1 Å². The zero-order valence-electron chi connectivity index (χ0n) is 10.8. The number of benzene rings is 1. The first-order valence-corrected chi connectivity index (χ1v) is 6.03. The lowest BCUT2D eigenvalue weighted by atomic mass is 9.92. The van der Waals surface area contributed by atoms with Gasteiger partial charge in [0.25, 0.3) is 0 Å². The maximum atomic E-state index is 13.4. The molecule has 0 fully saturated rings. The van der Waals surface area contributed by atoms with Crippen molar-refractivity contribution in [2.75, 3.05) is 13.1 Å². The van der Waals surface area contributed by atoms with Crippen molar-refractivity contribution in [3.8, 4) is 0 Å². The molecule has 1 aromatic carbocycles. The molecule has 3 heteroatoms. The molecule has 1 aromatic rings. The summed E-state index contributed by atoms with van der Waals surface area (Å²) in [5.41, 5.74) is 0.631. The standard InChI is InChI=1S/C14H22FNO/c1-14(2,3)8-9-16-10-13(17)11-6-4-5-7-12(11)15/h4-7,13,16-17H,8-10H2,1-3H3. The maximum absolute atomic E-state index is 13.4. The third-order valence-electron chi connectivity index (χ3n) is 2.65. The highest BCUT2D eigenvalue weighted by Gasteiger charge is 2.13. The molecule has 0 amide bonds. The van der Waals surface area contributed by atoms with Gasteiger partial charge in [-0.3, -0.25) is 0 Å². The van der Waals surface area contributed by atoms with E-state index in [4.69, 9.17) is 0 Å². The van der Waals surface area contributed by atoms with Crippen molar-refractivity contribution in [1.82, 2.24) is 5.32 Å². The van der Waals surface area contributed by atoms with E-state index in [1.165, 1.54) is 6.07 Å². The number of halogens is 1. The van der Waals surface area contributed by atoms with Gasteiger partial charge in [-0.2, -0.15) is 0 Å². The summed E-state index contributed by atoms with van der Waals surface area (Å²) in [5, 5.41) is 13.0. The van der Waals surface area contributed by atoms with E-state index in [1.54, 1.807) is 18.2 Å². The lowest BCUT2D eigenvalue weighted by Gasteiger charge is -2.19. The lowest BCUT2D eigenvalue weighted by molar-refractivity contribution is 0.168. The molecule has 0 aliphatic heterocycles. The average molecular weight is 239 g/mol. The lowest BCUT2D eigenvalue weighted by Crippen LogP contribution is -2.25. The summed E-state index contributed by atoms with van der Waals surface area (Å²) in [5.74, 6) is -0.349. The van der Waals surface area contributed by atoms with Gasteiger partial charge in [0.2, 0.25) is 0 Å². The zero-order valence-corrected chi connectivity index (χ0v) is 10.8.